The topological polar surface area (TPSA) is 103 Å². The zero-order valence-electron chi connectivity index (χ0n) is 10.1. The van der Waals surface area contributed by atoms with Gasteiger partial charge in [-0.3, -0.25) is 10.1 Å². The molecule has 0 atom stereocenters. The first-order valence-corrected chi connectivity index (χ1v) is 5.39. The maximum absolute atomic E-state index is 13.0. The number of hydrogen-bond donors (Lipinski definition) is 1. The molecule has 0 aliphatic carbocycles. The van der Waals surface area contributed by atoms with Crippen LogP contribution in [0.5, 0.6) is 11.6 Å². The van der Waals surface area contributed by atoms with Gasteiger partial charge in [-0.15, -0.1) is 0 Å². The Morgan fingerprint density at radius 3 is 2.62 bits per heavy atom. The molecule has 0 saturated heterocycles. The van der Waals surface area contributed by atoms with Gasteiger partial charge in [0.05, 0.1) is 17.2 Å². The van der Waals surface area contributed by atoms with Gasteiger partial charge in [0.25, 0.3) is 0 Å². The summed E-state index contributed by atoms with van der Waals surface area (Å²) in [5, 5.41) is 19.7. The second-order valence-electron chi connectivity index (χ2n) is 3.78. The Morgan fingerprint density at radius 1 is 1.29 bits per heavy atom. The van der Waals surface area contributed by atoms with Crippen LogP contribution >= 0.6 is 0 Å². The molecule has 0 aliphatic rings. The second-order valence-corrected chi connectivity index (χ2v) is 3.78. The van der Waals surface area contributed by atoms with Crippen LogP contribution in [0.3, 0.4) is 0 Å². The number of nitrogens with zero attached hydrogens (tertiary/aromatic N) is 2. The van der Waals surface area contributed by atoms with Gasteiger partial charge < -0.3 is 9.84 Å². The number of benzene rings is 1. The maximum Gasteiger partial charge on any atom is 0.341 e. The molecule has 2 rings (SSSR count). The molecular formula is C12H6F2N2O5. The average molecular weight is 296 g/mol. The van der Waals surface area contributed by atoms with Gasteiger partial charge in [0, 0.05) is 0 Å². The molecule has 0 bridgehead atoms. The van der Waals surface area contributed by atoms with Gasteiger partial charge >= 0.3 is 11.7 Å². The number of carboxylic acid groups (broad SMARTS) is 1. The third kappa shape index (κ3) is 3.08. The number of rotatable bonds is 4. The van der Waals surface area contributed by atoms with E-state index in [1.165, 1.54) is 0 Å². The summed E-state index contributed by atoms with van der Waals surface area (Å²) in [6.07, 6.45) is 0.692. The fourth-order valence-corrected chi connectivity index (χ4v) is 1.48. The monoisotopic (exact) mass is 296 g/mol. The van der Waals surface area contributed by atoms with Crippen LogP contribution in [-0.2, 0) is 0 Å². The molecule has 9 heteroatoms. The zero-order valence-corrected chi connectivity index (χ0v) is 10.1. The van der Waals surface area contributed by atoms with Gasteiger partial charge in [-0.05, 0) is 18.2 Å². The minimum absolute atomic E-state index is 0.414. The van der Waals surface area contributed by atoms with Crippen molar-refractivity contribution in [1.82, 2.24) is 4.98 Å². The van der Waals surface area contributed by atoms with Crippen molar-refractivity contribution < 1.29 is 28.3 Å². The van der Waals surface area contributed by atoms with Crippen LogP contribution in [0.4, 0.5) is 14.5 Å². The number of carbonyl (C=O) groups is 1. The van der Waals surface area contributed by atoms with Crippen LogP contribution in [0, 0.1) is 21.7 Å². The Hall–Kier alpha value is -3.10. The minimum atomic E-state index is -1.53. The normalized spacial score (nSPS) is 10.2. The fraction of sp³-hybridized carbons (Fsp3) is 0. The van der Waals surface area contributed by atoms with Crippen molar-refractivity contribution >= 4 is 11.7 Å². The van der Waals surface area contributed by atoms with E-state index in [0.717, 1.165) is 12.1 Å². The summed E-state index contributed by atoms with van der Waals surface area (Å²) in [4.78, 5) is 24.3. The summed E-state index contributed by atoms with van der Waals surface area (Å²) >= 11 is 0. The standard InChI is InChI=1S/C12H6F2N2O5/c13-6-1-2-10(9(4-6)16(19)20)21-11-8(12(17)18)3-7(14)5-15-11/h1-5H,(H,17,18). The molecule has 2 aromatic rings. The van der Waals surface area contributed by atoms with E-state index in [1.54, 1.807) is 0 Å². The fourth-order valence-electron chi connectivity index (χ4n) is 1.48. The Kier molecular flexibility index (Phi) is 3.74. The summed E-state index contributed by atoms with van der Waals surface area (Å²) in [5.41, 5.74) is -1.33. The largest absolute Gasteiger partial charge is 0.477 e. The van der Waals surface area contributed by atoms with E-state index >= 15 is 0 Å². The van der Waals surface area contributed by atoms with Gasteiger partial charge in [-0.1, -0.05) is 0 Å². The van der Waals surface area contributed by atoms with Crippen LogP contribution in [-0.4, -0.2) is 21.0 Å². The lowest BCUT2D eigenvalue weighted by atomic mass is 10.2. The Labute approximate surface area is 115 Å². The van der Waals surface area contributed by atoms with Gasteiger partial charge in [-0.25, -0.2) is 18.6 Å². The lowest BCUT2D eigenvalue weighted by Crippen LogP contribution is -2.04. The van der Waals surface area contributed by atoms with Crippen molar-refractivity contribution in [3.8, 4) is 11.6 Å². The molecule has 108 valence electrons. The van der Waals surface area contributed by atoms with Crippen molar-refractivity contribution in [2.45, 2.75) is 0 Å². The summed E-state index contributed by atoms with van der Waals surface area (Å²) in [7, 11) is 0. The number of ether oxygens (including phenoxy) is 1. The van der Waals surface area contributed by atoms with E-state index < -0.39 is 45.4 Å². The molecule has 0 amide bonds. The van der Waals surface area contributed by atoms with Crippen LogP contribution in [0.2, 0.25) is 0 Å². The van der Waals surface area contributed by atoms with Crippen LogP contribution in [0.25, 0.3) is 0 Å². The molecule has 1 aromatic carbocycles. The molecule has 1 aromatic heterocycles. The van der Waals surface area contributed by atoms with E-state index in [4.69, 9.17) is 9.84 Å². The molecule has 1 heterocycles. The molecule has 0 radical (unpaired) electrons. The van der Waals surface area contributed by atoms with Gasteiger partial charge in [0.15, 0.2) is 0 Å². The summed E-state index contributed by atoms with van der Waals surface area (Å²) in [6.45, 7) is 0. The van der Waals surface area contributed by atoms with E-state index in [1.807, 2.05) is 0 Å². The van der Waals surface area contributed by atoms with Crippen molar-refractivity contribution in [3.63, 3.8) is 0 Å². The highest BCUT2D eigenvalue weighted by Crippen LogP contribution is 2.32. The number of hydrogen-bond acceptors (Lipinski definition) is 5. The van der Waals surface area contributed by atoms with E-state index in [-0.39, 0.29) is 0 Å². The summed E-state index contributed by atoms with van der Waals surface area (Å²) in [5.74, 6) is -4.25. The molecule has 7 nitrogen and oxygen atoms in total. The number of pyridine rings is 1. The molecule has 0 spiro atoms. The van der Waals surface area contributed by atoms with Crippen LogP contribution < -0.4 is 4.74 Å². The summed E-state index contributed by atoms with van der Waals surface area (Å²) < 4.78 is 31.0. The van der Waals surface area contributed by atoms with Crippen molar-refractivity contribution in [2.75, 3.05) is 0 Å². The predicted molar refractivity (Wildman–Crippen MR) is 64.3 cm³/mol. The third-order valence-electron chi connectivity index (χ3n) is 2.37. The molecular weight excluding hydrogens is 290 g/mol. The maximum atomic E-state index is 13.0. The van der Waals surface area contributed by atoms with Gasteiger partial charge in [-0.2, -0.15) is 0 Å². The number of aromatic nitrogens is 1. The highest BCUT2D eigenvalue weighted by atomic mass is 19.1. The SMILES string of the molecule is O=C(O)c1cc(F)cnc1Oc1ccc(F)cc1[N+](=O)[O-]. The highest BCUT2D eigenvalue weighted by molar-refractivity contribution is 5.90. The highest BCUT2D eigenvalue weighted by Gasteiger charge is 2.21. The summed E-state index contributed by atoms with van der Waals surface area (Å²) in [6, 6.07) is 3.11. The minimum Gasteiger partial charge on any atom is -0.477 e. The van der Waals surface area contributed by atoms with Crippen molar-refractivity contribution in [3.05, 3.63) is 57.8 Å². The first-order chi connectivity index (χ1) is 9.88. The predicted octanol–water partition coefficient (Wildman–Crippen LogP) is 2.76. The Morgan fingerprint density at radius 2 is 2.00 bits per heavy atom. The molecule has 21 heavy (non-hydrogen) atoms. The van der Waals surface area contributed by atoms with Crippen LogP contribution in [0.1, 0.15) is 10.4 Å². The Bertz CT molecular complexity index is 674. The lowest BCUT2D eigenvalue weighted by Gasteiger charge is -2.07. The molecule has 0 saturated carbocycles. The first kappa shape index (κ1) is 14.3. The number of nitro benzene ring substituents is 1. The molecule has 0 aliphatic heterocycles. The van der Waals surface area contributed by atoms with E-state index in [9.17, 15) is 23.7 Å². The van der Waals surface area contributed by atoms with E-state index in [2.05, 4.69) is 4.98 Å². The van der Waals surface area contributed by atoms with Crippen molar-refractivity contribution in [1.29, 1.82) is 0 Å². The molecule has 0 fully saturated rings. The number of nitro groups is 1. The number of aromatic carboxylic acids is 1. The van der Waals surface area contributed by atoms with Crippen molar-refractivity contribution in [2.24, 2.45) is 0 Å². The van der Waals surface area contributed by atoms with Crippen LogP contribution in [0.15, 0.2) is 30.5 Å². The first-order valence-electron chi connectivity index (χ1n) is 5.39. The second kappa shape index (κ2) is 5.49. The average Bonchev–Trinajstić information content (AvgIpc) is 2.42. The smallest absolute Gasteiger partial charge is 0.341 e. The lowest BCUT2D eigenvalue weighted by molar-refractivity contribution is -0.385. The number of carboxylic acids is 1. The van der Waals surface area contributed by atoms with Gasteiger partial charge in [0.1, 0.15) is 17.2 Å². The molecule has 1 N–H and O–H groups in total. The third-order valence-corrected chi connectivity index (χ3v) is 2.37. The Balaban J connectivity index is 2.48. The van der Waals surface area contributed by atoms with Gasteiger partial charge in [0.2, 0.25) is 11.6 Å². The van der Waals surface area contributed by atoms with E-state index in [0.29, 0.717) is 18.3 Å². The zero-order chi connectivity index (χ0) is 15.6. The quantitative estimate of drug-likeness (QED) is 0.687. The molecule has 0 unspecified atom stereocenters. The number of halogens is 2.